The SMILES string of the molecule is CCC(CCCCC1CCC2C(O)C(Cl)(Cl)C12)OC. The highest BCUT2D eigenvalue weighted by Gasteiger charge is 2.64. The summed E-state index contributed by atoms with van der Waals surface area (Å²) in [5.41, 5.74) is 0. The average molecular weight is 309 g/mol. The molecule has 1 N–H and O–H groups in total. The molecule has 112 valence electrons. The lowest BCUT2D eigenvalue weighted by Gasteiger charge is -2.50. The predicted octanol–water partition coefficient (Wildman–Crippen LogP) is 4.16. The smallest absolute Gasteiger partial charge is 0.147 e. The van der Waals surface area contributed by atoms with Gasteiger partial charge in [0, 0.05) is 13.0 Å². The van der Waals surface area contributed by atoms with Crippen LogP contribution in [0.1, 0.15) is 51.9 Å². The van der Waals surface area contributed by atoms with Crippen molar-refractivity contribution >= 4 is 23.2 Å². The Kier molecular flexibility index (Phi) is 5.44. The van der Waals surface area contributed by atoms with Gasteiger partial charge in [-0.15, -0.1) is 0 Å². The van der Waals surface area contributed by atoms with Gasteiger partial charge in [0.15, 0.2) is 0 Å². The Balaban J connectivity index is 1.70. The molecular weight excluding hydrogens is 283 g/mol. The third kappa shape index (κ3) is 3.07. The fraction of sp³-hybridized carbons (Fsp3) is 1.00. The van der Waals surface area contributed by atoms with Crippen LogP contribution in [0.15, 0.2) is 0 Å². The second kappa shape index (κ2) is 6.51. The lowest BCUT2D eigenvalue weighted by atomic mass is 9.68. The first-order valence-electron chi connectivity index (χ1n) is 7.61. The van der Waals surface area contributed by atoms with Crippen molar-refractivity contribution in [3.05, 3.63) is 0 Å². The maximum atomic E-state index is 9.89. The van der Waals surface area contributed by atoms with Gasteiger partial charge in [0.2, 0.25) is 0 Å². The molecule has 2 rings (SSSR count). The Morgan fingerprint density at radius 2 is 2.05 bits per heavy atom. The fourth-order valence-electron chi connectivity index (χ4n) is 4.02. The maximum Gasteiger partial charge on any atom is 0.147 e. The van der Waals surface area contributed by atoms with Gasteiger partial charge in [-0.25, -0.2) is 0 Å². The van der Waals surface area contributed by atoms with Gasteiger partial charge < -0.3 is 9.84 Å². The van der Waals surface area contributed by atoms with Gasteiger partial charge in [0.25, 0.3) is 0 Å². The number of hydrogen-bond donors (Lipinski definition) is 1. The van der Waals surface area contributed by atoms with Crippen molar-refractivity contribution in [1.29, 1.82) is 0 Å². The van der Waals surface area contributed by atoms with Crippen LogP contribution in [0.25, 0.3) is 0 Å². The number of methoxy groups -OCH3 is 1. The number of alkyl halides is 2. The van der Waals surface area contributed by atoms with Gasteiger partial charge in [0.1, 0.15) is 4.33 Å². The molecule has 2 aliphatic carbocycles. The standard InChI is InChI=1S/C15H26Cl2O2/c1-3-11(19-2)7-5-4-6-10-8-9-12-13(10)15(16,17)14(12)18/h10-14,18H,3-9H2,1-2H3. The molecule has 0 aliphatic heterocycles. The highest BCUT2D eigenvalue weighted by Crippen LogP contribution is 2.62. The molecule has 2 nitrogen and oxygen atoms in total. The first-order valence-corrected chi connectivity index (χ1v) is 8.36. The molecule has 0 radical (unpaired) electrons. The molecule has 0 bridgehead atoms. The number of ether oxygens (including phenoxy) is 1. The Morgan fingerprint density at radius 1 is 1.32 bits per heavy atom. The molecule has 2 aliphatic rings. The predicted molar refractivity (Wildman–Crippen MR) is 79.7 cm³/mol. The molecule has 5 atom stereocenters. The Bertz CT molecular complexity index is 292. The number of fused-ring (bicyclic) bond motifs is 1. The van der Waals surface area contributed by atoms with E-state index in [-0.39, 0.29) is 0 Å². The molecule has 0 aromatic rings. The third-order valence-corrected chi connectivity index (χ3v) is 6.18. The van der Waals surface area contributed by atoms with Gasteiger partial charge >= 0.3 is 0 Å². The Morgan fingerprint density at radius 3 is 2.68 bits per heavy atom. The summed E-state index contributed by atoms with van der Waals surface area (Å²) in [6.45, 7) is 2.17. The third-order valence-electron chi connectivity index (χ3n) is 5.22. The van der Waals surface area contributed by atoms with Crippen molar-refractivity contribution in [2.45, 2.75) is 68.4 Å². The van der Waals surface area contributed by atoms with E-state index in [1.807, 2.05) is 0 Å². The second-order valence-electron chi connectivity index (χ2n) is 6.20. The zero-order chi connectivity index (χ0) is 14.0. The van der Waals surface area contributed by atoms with Crippen molar-refractivity contribution in [2.24, 2.45) is 17.8 Å². The minimum atomic E-state index is -0.885. The summed E-state index contributed by atoms with van der Waals surface area (Å²) in [5, 5.41) is 9.89. The lowest BCUT2D eigenvalue weighted by Crippen LogP contribution is -2.59. The van der Waals surface area contributed by atoms with E-state index in [1.54, 1.807) is 7.11 Å². The minimum absolute atomic E-state index is 0.315. The van der Waals surface area contributed by atoms with Crippen LogP contribution in [0.3, 0.4) is 0 Å². The van der Waals surface area contributed by atoms with Gasteiger partial charge in [-0.1, -0.05) is 49.4 Å². The topological polar surface area (TPSA) is 29.5 Å². The highest BCUT2D eigenvalue weighted by molar-refractivity contribution is 6.50. The van der Waals surface area contributed by atoms with Gasteiger partial charge in [-0.2, -0.15) is 0 Å². The van der Waals surface area contributed by atoms with Crippen molar-refractivity contribution in [2.75, 3.05) is 7.11 Å². The van der Waals surface area contributed by atoms with E-state index in [9.17, 15) is 5.11 Å². The molecule has 5 unspecified atom stereocenters. The van der Waals surface area contributed by atoms with Gasteiger partial charge in [-0.3, -0.25) is 0 Å². The molecule has 19 heavy (non-hydrogen) atoms. The summed E-state index contributed by atoms with van der Waals surface area (Å²) in [5.74, 6) is 1.27. The summed E-state index contributed by atoms with van der Waals surface area (Å²) < 4.78 is 4.51. The summed E-state index contributed by atoms with van der Waals surface area (Å²) in [4.78, 5) is 0. The molecule has 0 saturated heterocycles. The van der Waals surface area contributed by atoms with E-state index in [4.69, 9.17) is 27.9 Å². The quantitative estimate of drug-likeness (QED) is 0.565. The zero-order valence-electron chi connectivity index (χ0n) is 11.9. The van der Waals surface area contributed by atoms with Gasteiger partial charge in [0.05, 0.1) is 12.2 Å². The molecule has 0 aromatic carbocycles. The largest absolute Gasteiger partial charge is 0.390 e. The van der Waals surface area contributed by atoms with Crippen LogP contribution >= 0.6 is 23.2 Å². The number of halogens is 2. The van der Waals surface area contributed by atoms with E-state index in [0.29, 0.717) is 23.9 Å². The molecule has 4 heteroatoms. The van der Waals surface area contributed by atoms with Crippen LogP contribution in [0, 0.1) is 17.8 Å². The average Bonchev–Trinajstić information content (AvgIpc) is 2.80. The highest BCUT2D eigenvalue weighted by atomic mass is 35.5. The van der Waals surface area contributed by atoms with Crippen molar-refractivity contribution < 1.29 is 9.84 Å². The van der Waals surface area contributed by atoms with Crippen molar-refractivity contribution in [3.8, 4) is 0 Å². The lowest BCUT2D eigenvalue weighted by molar-refractivity contribution is -0.0432. The minimum Gasteiger partial charge on any atom is -0.390 e. The number of aliphatic hydroxyl groups excluding tert-OH is 1. The van der Waals surface area contributed by atoms with E-state index >= 15 is 0 Å². The fourth-order valence-corrected chi connectivity index (χ4v) is 5.03. The molecule has 0 amide bonds. The van der Waals surface area contributed by atoms with Gasteiger partial charge in [-0.05, 0) is 37.5 Å². The van der Waals surface area contributed by atoms with E-state index in [0.717, 1.165) is 19.3 Å². The number of rotatable bonds is 7. The van der Waals surface area contributed by atoms with Crippen LogP contribution in [0.4, 0.5) is 0 Å². The first kappa shape index (κ1) is 15.9. The summed E-state index contributed by atoms with van der Waals surface area (Å²) >= 11 is 12.5. The van der Waals surface area contributed by atoms with Crippen LogP contribution in [-0.4, -0.2) is 28.8 Å². The summed E-state index contributed by atoms with van der Waals surface area (Å²) in [6, 6.07) is 0. The Labute approximate surface area is 126 Å². The van der Waals surface area contributed by atoms with Crippen molar-refractivity contribution in [3.63, 3.8) is 0 Å². The van der Waals surface area contributed by atoms with Crippen molar-refractivity contribution in [1.82, 2.24) is 0 Å². The first-order chi connectivity index (χ1) is 9.02. The summed E-state index contributed by atoms with van der Waals surface area (Å²) in [6.07, 6.45) is 8.00. The zero-order valence-corrected chi connectivity index (χ0v) is 13.5. The van der Waals surface area contributed by atoms with E-state index in [2.05, 4.69) is 6.92 Å². The maximum absolute atomic E-state index is 9.89. The van der Waals surface area contributed by atoms with E-state index in [1.165, 1.54) is 25.7 Å². The molecule has 2 saturated carbocycles. The molecule has 0 aromatic heterocycles. The van der Waals surface area contributed by atoms with Crippen LogP contribution in [0.2, 0.25) is 0 Å². The monoisotopic (exact) mass is 308 g/mol. The normalized spacial score (nSPS) is 37.7. The number of aliphatic hydroxyl groups is 1. The molecule has 0 heterocycles. The molecule has 2 fully saturated rings. The van der Waals surface area contributed by atoms with Crippen LogP contribution < -0.4 is 0 Å². The van der Waals surface area contributed by atoms with Crippen LogP contribution in [0.5, 0.6) is 0 Å². The van der Waals surface area contributed by atoms with E-state index < -0.39 is 10.4 Å². The second-order valence-corrected chi connectivity index (χ2v) is 7.64. The molecular formula is C15H26Cl2O2. The number of unbranched alkanes of at least 4 members (excludes halogenated alkanes) is 1. The van der Waals surface area contributed by atoms with Crippen LogP contribution in [-0.2, 0) is 4.74 Å². The molecule has 0 spiro atoms. The Hall–Kier alpha value is 0.500. The summed E-state index contributed by atoms with van der Waals surface area (Å²) in [7, 11) is 1.79. The number of hydrogen-bond acceptors (Lipinski definition) is 2.